The number of aryl methyl sites for hydroxylation is 1. The molecule has 0 bridgehead atoms. The maximum atomic E-state index is 12.8. The van der Waals surface area contributed by atoms with E-state index in [2.05, 4.69) is 4.40 Å². The van der Waals surface area contributed by atoms with Crippen molar-refractivity contribution in [2.75, 3.05) is 14.1 Å². The Hall–Kier alpha value is -2.97. The van der Waals surface area contributed by atoms with Gasteiger partial charge in [-0.2, -0.15) is 12.8 Å². The van der Waals surface area contributed by atoms with Gasteiger partial charge in [0.2, 0.25) is 5.78 Å². The fourth-order valence-electron chi connectivity index (χ4n) is 2.68. The summed E-state index contributed by atoms with van der Waals surface area (Å²) in [6, 6.07) is 10.7. The zero-order chi connectivity index (χ0) is 21.3. The summed E-state index contributed by atoms with van der Waals surface area (Å²) in [5.41, 5.74) is 0.893. The zero-order valence-corrected chi connectivity index (χ0v) is 17.4. The topological polar surface area (TPSA) is 93.1 Å². The Morgan fingerprint density at radius 2 is 1.79 bits per heavy atom. The maximum absolute atomic E-state index is 12.8. The third-order valence-electron chi connectivity index (χ3n) is 4.15. The number of hydrogen-bond donors (Lipinski definition) is 0. The zero-order valence-electron chi connectivity index (χ0n) is 15.8. The summed E-state index contributed by atoms with van der Waals surface area (Å²) in [6.07, 6.45) is 0.575. The van der Waals surface area contributed by atoms with Crippen LogP contribution in [0.1, 0.15) is 21.5 Å². The third kappa shape index (κ3) is 4.23. The fourth-order valence-corrected chi connectivity index (χ4v) is 4.12. The van der Waals surface area contributed by atoms with Crippen LogP contribution in [0.15, 0.2) is 62.9 Å². The molecule has 0 aromatic heterocycles. The molecule has 0 aliphatic heterocycles. The summed E-state index contributed by atoms with van der Waals surface area (Å²) in [7, 11) is -1.02. The predicted octanol–water partition coefficient (Wildman–Crippen LogP) is 3.55. The van der Waals surface area contributed by atoms with E-state index >= 15 is 0 Å². The molecule has 29 heavy (non-hydrogen) atoms. The maximum Gasteiger partial charge on any atom is 0.414 e. The molecule has 1 aliphatic rings. The molecule has 0 saturated carbocycles. The molecular formula is C20H17ClN2O5S. The van der Waals surface area contributed by atoms with Crippen molar-refractivity contribution in [3.8, 4) is 5.75 Å². The molecule has 9 heteroatoms. The van der Waals surface area contributed by atoms with Crippen LogP contribution < -0.4 is 4.74 Å². The lowest BCUT2D eigenvalue weighted by Gasteiger charge is -2.17. The summed E-state index contributed by atoms with van der Waals surface area (Å²) in [6.45, 7) is 1.66. The number of ketones is 1. The summed E-state index contributed by atoms with van der Waals surface area (Å²) >= 11 is 6.01. The number of amides is 1. The quantitative estimate of drug-likeness (QED) is 0.739. The Bertz CT molecular complexity index is 1180. The van der Waals surface area contributed by atoms with Gasteiger partial charge in [0.15, 0.2) is 0 Å². The van der Waals surface area contributed by atoms with Gasteiger partial charge in [-0.25, -0.2) is 4.79 Å². The molecule has 3 rings (SSSR count). The van der Waals surface area contributed by atoms with Crippen molar-refractivity contribution < 1.29 is 22.7 Å². The van der Waals surface area contributed by atoms with Crippen molar-refractivity contribution in [1.82, 2.24) is 4.90 Å². The number of carbonyl (C=O) groups excluding carboxylic acids is 2. The van der Waals surface area contributed by atoms with Crippen molar-refractivity contribution in [3.05, 3.63) is 70.3 Å². The Morgan fingerprint density at radius 3 is 2.45 bits per heavy atom. The van der Waals surface area contributed by atoms with Crippen LogP contribution in [0.25, 0.3) is 0 Å². The number of hydrogen-bond acceptors (Lipinski definition) is 5. The molecule has 2 aromatic rings. The van der Waals surface area contributed by atoms with E-state index in [9.17, 15) is 18.0 Å². The van der Waals surface area contributed by atoms with Crippen LogP contribution in [0.2, 0.25) is 0 Å². The van der Waals surface area contributed by atoms with Gasteiger partial charge in [-0.3, -0.25) is 4.79 Å². The molecular weight excluding hydrogens is 416 g/mol. The number of rotatable bonds is 3. The highest BCUT2D eigenvalue weighted by Gasteiger charge is 2.27. The van der Waals surface area contributed by atoms with Crippen molar-refractivity contribution in [2.24, 2.45) is 4.40 Å². The molecule has 1 amide bonds. The lowest BCUT2D eigenvalue weighted by atomic mass is 9.94. The first-order valence-electron chi connectivity index (χ1n) is 8.46. The van der Waals surface area contributed by atoms with E-state index in [1.54, 1.807) is 25.1 Å². The molecule has 1 aliphatic carbocycles. The van der Waals surface area contributed by atoms with Crippen LogP contribution in [0.4, 0.5) is 4.79 Å². The van der Waals surface area contributed by atoms with Gasteiger partial charge in [-0.15, -0.1) is 0 Å². The number of Topliss-reactive ketones (excluding diaryl/α,β-unsaturated/α-hetero) is 1. The summed E-state index contributed by atoms with van der Waals surface area (Å²) in [5, 5.41) is -0.158. The van der Waals surface area contributed by atoms with Crippen LogP contribution in [0.3, 0.4) is 0 Å². The summed E-state index contributed by atoms with van der Waals surface area (Å²) in [5.74, 6) is -0.331. The van der Waals surface area contributed by atoms with Gasteiger partial charge < -0.3 is 9.64 Å². The molecule has 0 saturated heterocycles. The molecule has 0 heterocycles. The highest BCUT2D eigenvalue weighted by Crippen LogP contribution is 2.29. The largest absolute Gasteiger partial charge is 0.414 e. The van der Waals surface area contributed by atoms with E-state index in [1.165, 1.54) is 49.3 Å². The molecule has 7 nitrogen and oxygen atoms in total. The highest BCUT2D eigenvalue weighted by atomic mass is 35.5. The smallest absolute Gasteiger partial charge is 0.410 e. The number of fused-ring (bicyclic) bond motifs is 1. The second kappa shape index (κ2) is 7.81. The van der Waals surface area contributed by atoms with Gasteiger partial charge >= 0.3 is 6.09 Å². The van der Waals surface area contributed by atoms with Gasteiger partial charge in [0.05, 0.1) is 15.6 Å². The van der Waals surface area contributed by atoms with Crippen molar-refractivity contribution in [2.45, 2.75) is 11.8 Å². The molecule has 0 spiro atoms. The predicted molar refractivity (Wildman–Crippen MR) is 109 cm³/mol. The van der Waals surface area contributed by atoms with Crippen LogP contribution in [0.5, 0.6) is 5.75 Å². The Morgan fingerprint density at radius 1 is 1.10 bits per heavy atom. The summed E-state index contributed by atoms with van der Waals surface area (Å²) in [4.78, 5) is 25.5. The number of benzene rings is 2. The minimum Gasteiger partial charge on any atom is -0.410 e. The number of sulfonamides is 1. The Kier molecular flexibility index (Phi) is 5.59. The Balaban J connectivity index is 2.13. The second-order valence-electron chi connectivity index (χ2n) is 6.51. The molecule has 0 unspecified atom stereocenters. The fraction of sp³-hybridized carbons (Fsp3) is 0.150. The van der Waals surface area contributed by atoms with Crippen LogP contribution >= 0.6 is 11.6 Å². The standard InChI is InChI=1S/C20H17ClN2O5S/c1-12-6-4-5-7-18(12)29(26,27)22-17-11-16(21)19(24)14-9-8-13(10-15(14)17)28-20(25)23(2)3/h4-11H,1-3H3. The molecule has 0 N–H and O–H groups in total. The van der Waals surface area contributed by atoms with Gasteiger partial charge in [-0.05, 0) is 42.8 Å². The van der Waals surface area contributed by atoms with E-state index in [4.69, 9.17) is 16.3 Å². The number of nitrogens with zero attached hydrogens (tertiary/aromatic N) is 2. The van der Waals surface area contributed by atoms with Crippen LogP contribution in [-0.2, 0) is 10.0 Å². The van der Waals surface area contributed by atoms with E-state index in [1.807, 2.05) is 0 Å². The molecule has 0 fully saturated rings. The number of allylic oxidation sites excluding steroid dienone is 2. The second-order valence-corrected chi connectivity index (χ2v) is 8.49. The Labute approximate surface area is 173 Å². The van der Waals surface area contributed by atoms with E-state index in [-0.39, 0.29) is 32.5 Å². The average Bonchev–Trinajstić information content (AvgIpc) is 2.65. The first-order valence-corrected chi connectivity index (χ1v) is 10.3. The minimum absolute atomic E-state index is 0.0180. The number of halogens is 1. The minimum atomic E-state index is -4.07. The van der Waals surface area contributed by atoms with Gasteiger partial charge in [0, 0.05) is 25.2 Å². The van der Waals surface area contributed by atoms with Crippen molar-refractivity contribution in [1.29, 1.82) is 0 Å². The van der Waals surface area contributed by atoms with Gasteiger partial charge in [0.25, 0.3) is 10.0 Å². The van der Waals surface area contributed by atoms with Gasteiger partial charge in [-0.1, -0.05) is 29.8 Å². The average molecular weight is 433 g/mol. The SMILES string of the molecule is Cc1ccccc1S(=O)(=O)N=C1C=C(Cl)C(=O)c2ccc(OC(=O)N(C)C)cc21. The lowest BCUT2D eigenvalue weighted by Crippen LogP contribution is -2.25. The van der Waals surface area contributed by atoms with Crippen LogP contribution in [-0.4, -0.2) is 45.0 Å². The molecule has 2 aromatic carbocycles. The van der Waals surface area contributed by atoms with Crippen molar-refractivity contribution >= 4 is 39.2 Å². The van der Waals surface area contributed by atoms with E-state index in [0.717, 1.165) is 0 Å². The molecule has 0 radical (unpaired) electrons. The molecule has 0 atom stereocenters. The van der Waals surface area contributed by atoms with Gasteiger partial charge in [0.1, 0.15) is 5.75 Å². The van der Waals surface area contributed by atoms with E-state index < -0.39 is 21.9 Å². The number of ether oxygens (including phenoxy) is 1. The number of carbonyl (C=O) groups is 2. The van der Waals surface area contributed by atoms with Crippen molar-refractivity contribution in [3.63, 3.8) is 0 Å². The summed E-state index contributed by atoms with van der Waals surface area (Å²) < 4.78 is 34.8. The highest BCUT2D eigenvalue weighted by molar-refractivity contribution is 7.90. The van der Waals surface area contributed by atoms with E-state index in [0.29, 0.717) is 5.56 Å². The first kappa shape index (κ1) is 20.8. The monoisotopic (exact) mass is 432 g/mol. The van der Waals surface area contributed by atoms with Crippen LogP contribution in [0, 0.1) is 6.92 Å². The lowest BCUT2D eigenvalue weighted by molar-refractivity contribution is 0.104. The normalized spacial score (nSPS) is 15.0. The first-order chi connectivity index (χ1) is 13.6. The third-order valence-corrected chi connectivity index (χ3v) is 5.88. The molecule has 150 valence electrons.